The van der Waals surface area contributed by atoms with Gasteiger partial charge < -0.3 is 14.2 Å². The van der Waals surface area contributed by atoms with Crippen LogP contribution in [0, 0.1) is 0 Å². The molecule has 3 aromatic heterocycles. The van der Waals surface area contributed by atoms with Crippen molar-refractivity contribution in [2.45, 2.75) is 25.8 Å². The van der Waals surface area contributed by atoms with Gasteiger partial charge in [-0.2, -0.15) is 0 Å². The molecule has 0 bridgehead atoms. The number of carbonyl (C=O) groups excluding carboxylic acids is 2. The second-order valence-electron chi connectivity index (χ2n) is 7.63. The summed E-state index contributed by atoms with van der Waals surface area (Å²) in [7, 11) is 0. The van der Waals surface area contributed by atoms with E-state index < -0.39 is 0 Å². The average molecular weight is 418 g/mol. The fraction of sp³-hybridized carbons (Fsp3) is 0.304. The number of nitrogens with zero attached hydrogens (tertiary/aromatic N) is 3. The van der Waals surface area contributed by atoms with E-state index in [-0.39, 0.29) is 28.7 Å². The summed E-state index contributed by atoms with van der Waals surface area (Å²) in [6, 6.07) is 7.25. The number of furan rings is 2. The molecule has 1 aliphatic carbocycles. The molecule has 1 aliphatic heterocycles. The zero-order chi connectivity index (χ0) is 21.4. The van der Waals surface area contributed by atoms with Crippen LogP contribution in [-0.4, -0.2) is 52.1 Å². The lowest BCUT2D eigenvalue weighted by Crippen LogP contribution is -2.39. The molecule has 2 aliphatic rings. The highest BCUT2D eigenvalue weighted by molar-refractivity contribution is 6.23. The van der Waals surface area contributed by atoms with Crippen LogP contribution in [0.4, 0.5) is 0 Å². The Bertz CT molecular complexity index is 1150. The third kappa shape index (κ3) is 3.48. The summed E-state index contributed by atoms with van der Waals surface area (Å²) in [5.41, 5.74) is 1.01. The Hall–Kier alpha value is -3.52. The average Bonchev–Trinajstić information content (AvgIpc) is 3.56. The number of hydrogen-bond donors (Lipinski definition) is 1. The smallest absolute Gasteiger partial charge is 0.229 e. The number of allylic oxidation sites excluding steroid dienone is 2. The quantitative estimate of drug-likeness (QED) is 0.650. The summed E-state index contributed by atoms with van der Waals surface area (Å²) in [5.74, 6) is 0.176. The second-order valence-corrected chi connectivity index (χ2v) is 7.63. The topological polar surface area (TPSA) is 101 Å². The molecule has 158 valence electrons. The Morgan fingerprint density at radius 3 is 2.32 bits per heavy atom. The first-order valence-corrected chi connectivity index (χ1v) is 10.4. The second kappa shape index (κ2) is 7.96. The largest absolute Gasteiger partial charge is 0.463 e. The SMILES string of the molecule is CCN1CCCC1CNC1=CC(=O)c2nc(-c3ccco3)c(-c3ccco3)nc2C1=O. The third-order valence-corrected chi connectivity index (χ3v) is 5.81. The minimum absolute atomic E-state index is 0.0216. The van der Waals surface area contributed by atoms with Crippen LogP contribution in [0.15, 0.2) is 57.4 Å². The Morgan fingerprint density at radius 2 is 1.71 bits per heavy atom. The molecule has 8 nitrogen and oxygen atoms in total. The fourth-order valence-electron chi connectivity index (χ4n) is 4.23. The lowest BCUT2D eigenvalue weighted by atomic mass is 10.00. The predicted molar refractivity (Wildman–Crippen MR) is 112 cm³/mol. The molecule has 0 spiro atoms. The standard InChI is InChI=1S/C23H22N4O4/c1-2-27-9-3-6-14(27)13-24-15-12-16(28)19-22(23(15)29)26-21(18-8-5-11-31-18)20(25-19)17-7-4-10-30-17/h4-5,7-8,10-12,14,24H,2-3,6,9,13H2,1H3. The molecular formula is C23H22N4O4. The molecule has 1 N–H and O–H groups in total. The van der Waals surface area contributed by atoms with Crippen LogP contribution < -0.4 is 5.32 Å². The minimum Gasteiger partial charge on any atom is -0.463 e. The summed E-state index contributed by atoms with van der Waals surface area (Å²) >= 11 is 0. The van der Waals surface area contributed by atoms with E-state index in [1.165, 1.54) is 18.6 Å². The van der Waals surface area contributed by atoms with Gasteiger partial charge in [-0.05, 0) is 50.2 Å². The van der Waals surface area contributed by atoms with Crippen molar-refractivity contribution in [1.82, 2.24) is 20.2 Å². The van der Waals surface area contributed by atoms with Crippen LogP contribution in [0.25, 0.3) is 22.9 Å². The van der Waals surface area contributed by atoms with Gasteiger partial charge in [0, 0.05) is 18.7 Å². The maximum atomic E-state index is 13.2. The van der Waals surface area contributed by atoms with Gasteiger partial charge >= 0.3 is 0 Å². The van der Waals surface area contributed by atoms with Crippen molar-refractivity contribution in [3.05, 3.63) is 60.0 Å². The Kier molecular flexibility index (Phi) is 4.99. The zero-order valence-corrected chi connectivity index (χ0v) is 17.1. The molecule has 4 heterocycles. The molecule has 0 aromatic carbocycles. The van der Waals surface area contributed by atoms with E-state index in [1.54, 1.807) is 24.3 Å². The summed E-state index contributed by atoms with van der Waals surface area (Å²) in [4.78, 5) is 37.4. The number of aromatic nitrogens is 2. The predicted octanol–water partition coefficient (Wildman–Crippen LogP) is 3.33. The first-order valence-electron chi connectivity index (χ1n) is 10.4. The van der Waals surface area contributed by atoms with Crippen LogP contribution in [0.1, 0.15) is 40.7 Å². The van der Waals surface area contributed by atoms with Crippen molar-refractivity contribution >= 4 is 11.6 Å². The number of likely N-dealkylation sites (tertiary alicyclic amines) is 1. The maximum Gasteiger partial charge on any atom is 0.229 e. The molecule has 1 saturated heterocycles. The van der Waals surface area contributed by atoms with E-state index in [1.807, 2.05) is 0 Å². The molecule has 1 atom stereocenters. The summed E-state index contributed by atoms with van der Waals surface area (Å²) in [6.07, 6.45) is 6.57. The number of nitrogens with one attached hydrogen (secondary N) is 1. The molecule has 1 unspecified atom stereocenters. The molecule has 8 heteroatoms. The number of likely N-dealkylation sites (N-methyl/N-ethyl adjacent to an activating group) is 1. The molecule has 5 rings (SSSR count). The molecule has 0 amide bonds. The Labute approximate surface area is 179 Å². The van der Waals surface area contributed by atoms with E-state index in [0.717, 1.165) is 25.9 Å². The zero-order valence-electron chi connectivity index (χ0n) is 17.1. The maximum absolute atomic E-state index is 13.2. The normalized spacial score (nSPS) is 18.9. The van der Waals surface area contributed by atoms with Crippen molar-refractivity contribution in [2.24, 2.45) is 0 Å². The number of fused-ring (bicyclic) bond motifs is 1. The number of hydrogen-bond acceptors (Lipinski definition) is 8. The van der Waals surface area contributed by atoms with Crippen LogP contribution in [0.5, 0.6) is 0 Å². The van der Waals surface area contributed by atoms with E-state index in [2.05, 4.69) is 27.1 Å². The molecule has 31 heavy (non-hydrogen) atoms. The van der Waals surface area contributed by atoms with E-state index in [0.29, 0.717) is 35.5 Å². The monoisotopic (exact) mass is 418 g/mol. The summed E-state index contributed by atoms with van der Waals surface area (Å²) < 4.78 is 11.0. The van der Waals surface area contributed by atoms with Gasteiger partial charge in [0.1, 0.15) is 22.8 Å². The highest BCUT2D eigenvalue weighted by atomic mass is 16.3. The van der Waals surface area contributed by atoms with E-state index in [9.17, 15) is 9.59 Å². The third-order valence-electron chi connectivity index (χ3n) is 5.81. The number of rotatable bonds is 6. The summed E-state index contributed by atoms with van der Waals surface area (Å²) in [6.45, 7) is 4.77. The number of carbonyl (C=O) groups is 2. The molecule has 1 fully saturated rings. The van der Waals surface area contributed by atoms with Crippen LogP contribution in [-0.2, 0) is 0 Å². The molecular weight excluding hydrogens is 396 g/mol. The molecule has 0 saturated carbocycles. The van der Waals surface area contributed by atoms with Gasteiger partial charge in [0.25, 0.3) is 0 Å². The van der Waals surface area contributed by atoms with Crippen molar-refractivity contribution in [2.75, 3.05) is 19.6 Å². The lowest BCUT2D eigenvalue weighted by Gasteiger charge is -2.24. The Balaban J connectivity index is 1.50. The first-order chi connectivity index (χ1) is 15.2. The number of Topliss-reactive ketones (excluding diaryl/α,β-unsaturated/α-hetero) is 1. The molecule has 3 aromatic rings. The minimum atomic E-state index is -0.359. The Morgan fingerprint density at radius 1 is 1.03 bits per heavy atom. The van der Waals surface area contributed by atoms with Gasteiger partial charge in [-0.25, -0.2) is 9.97 Å². The van der Waals surface area contributed by atoms with E-state index in [4.69, 9.17) is 8.83 Å². The summed E-state index contributed by atoms with van der Waals surface area (Å²) in [5, 5.41) is 3.18. The number of ketones is 2. The van der Waals surface area contributed by atoms with Crippen LogP contribution in [0.2, 0.25) is 0 Å². The highest BCUT2D eigenvalue weighted by Crippen LogP contribution is 2.32. The van der Waals surface area contributed by atoms with Gasteiger partial charge in [-0.1, -0.05) is 6.92 Å². The van der Waals surface area contributed by atoms with Gasteiger partial charge in [0.05, 0.1) is 18.2 Å². The van der Waals surface area contributed by atoms with Gasteiger partial charge in [0.15, 0.2) is 11.5 Å². The van der Waals surface area contributed by atoms with Crippen molar-refractivity contribution in [3.8, 4) is 22.9 Å². The highest BCUT2D eigenvalue weighted by Gasteiger charge is 2.33. The van der Waals surface area contributed by atoms with Crippen LogP contribution in [0.3, 0.4) is 0 Å². The van der Waals surface area contributed by atoms with Crippen LogP contribution >= 0.6 is 0 Å². The van der Waals surface area contributed by atoms with Crippen molar-refractivity contribution in [1.29, 1.82) is 0 Å². The first kappa shape index (κ1) is 19.4. The van der Waals surface area contributed by atoms with Crippen molar-refractivity contribution < 1.29 is 18.4 Å². The molecule has 0 radical (unpaired) electrons. The lowest BCUT2D eigenvalue weighted by molar-refractivity contribution is 0.0969. The van der Waals surface area contributed by atoms with Gasteiger partial charge in [0.2, 0.25) is 11.6 Å². The van der Waals surface area contributed by atoms with Gasteiger partial charge in [-0.3, -0.25) is 14.5 Å². The van der Waals surface area contributed by atoms with Crippen molar-refractivity contribution in [3.63, 3.8) is 0 Å². The van der Waals surface area contributed by atoms with E-state index >= 15 is 0 Å². The fourth-order valence-corrected chi connectivity index (χ4v) is 4.23. The van der Waals surface area contributed by atoms with Gasteiger partial charge in [-0.15, -0.1) is 0 Å².